The Balaban J connectivity index is 1.21. The fraction of sp³-hybridized carbons (Fsp3) is 0.750. The molecule has 3 heterocycles. The highest BCUT2D eigenvalue weighted by Crippen LogP contribution is 2.47. The zero-order valence-electron chi connectivity index (χ0n) is 23.4. The summed E-state index contributed by atoms with van der Waals surface area (Å²) in [5, 5.41) is 12.0. The van der Waals surface area contributed by atoms with Crippen molar-refractivity contribution in [2.24, 2.45) is 11.8 Å². The molecule has 0 amide bonds. The number of hydrogen-bond acceptors (Lipinski definition) is 4. The first-order valence-corrected chi connectivity index (χ1v) is 15.7. The van der Waals surface area contributed by atoms with Gasteiger partial charge in [-0.05, 0) is 88.3 Å². The molecule has 6 nitrogen and oxygen atoms in total. The fourth-order valence-corrected chi connectivity index (χ4v) is 8.96. The van der Waals surface area contributed by atoms with Crippen LogP contribution in [0.15, 0.2) is 24.3 Å². The van der Waals surface area contributed by atoms with Crippen molar-refractivity contribution in [2.75, 3.05) is 13.1 Å². The number of piperidine rings is 2. The third-order valence-corrected chi connectivity index (χ3v) is 10.5. The molecule has 2 saturated carbocycles. The van der Waals surface area contributed by atoms with Crippen molar-refractivity contribution in [3.63, 3.8) is 0 Å². The lowest BCUT2D eigenvalue weighted by Crippen LogP contribution is -2.58. The lowest BCUT2D eigenvalue weighted by atomic mass is 9.73. The van der Waals surface area contributed by atoms with Crippen LogP contribution < -0.4 is 5.32 Å². The molecule has 2 N–H and O–H groups in total. The molecule has 2 saturated heterocycles. The molecule has 4 aliphatic rings. The fourth-order valence-electron chi connectivity index (χ4n) is 8.96. The second-order valence-electron chi connectivity index (χ2n) is 13.1. The van der Waals surface area contributed by atoms with Crippen LogP contribution in [0.4, 0.5) is 0 Å². The summed E-state index contributed by atoms with van der Waals surface area (Å²) in [6.45, 7) is 3.09. The second-order valence-corrected chi connectivity index (χ2v) is 13.1. The Bertz CT molecular complexity index is 1070. The number of aromatic nitrogens is 2. The van der Waals surface area contributed by atoms with Crippen LogP contribution in [0.1, 0.15) is 115 Å². The van der Waals surface area contributed by atoms with Crippen LogP contribution in [0.5, 0.6) is 0 Å². The monoisotopic (exact) mass is 520 g/mol. The molecule has 7 atom stereocenters. The maximum Gasteiger partial charge on any atom is 0.317 e. The van der Waals surface area contributed by atoms with E-state index in [2.05, 4.69) is 46.0 Å². The molecule has 0 spiro atoms. The van der Waals surface area contributed by atoms with Crippen molar-refractivity contribution in [1.82, 2.24) is 19.8 Å². The van der Waals surface area contributed by atoms with E-state index in [9.17, 15) is 4.79 Å². The second kappa shape index (κ2) is 11.7. The molecular formula is C32H48N4O2. The van der Waals surface area contributed by atoms with Gasteiger partial charge in [0.15, 0.2) is 0 Å². The summed E-state index contributed by atoms with van der Waals surface area (Å²) in [7, 11) is 0. The highest BCUT2D eigenvalue weighted by atomic mass is 16.4. The van der Waals surface area contributed by atoms with E-state index in [-0.39, 0.29) is 6.54 Å². The average molecular weight is 521 g/mol. The van der Waals surface area contributed by atoms with Gasteiger partial charge in [0.1, 0.15) is 5.82 Å². The number of fused-ring (bicyclic) bond motifs is 5. The first-order valence-electron chi connectivity index (χ1n) is 15.7. The van der Waals surface area contributed by atoms with E-state index in [1.54, 1.807) is 0 Å². The number of carbonyl (C=O) groups is 1. The summed E-state index contributed by atoms with van der Waals surface area (Å²) in [6.07, 6.45) is 19.0. The van der Waals surface area contributed by atoms with Crippen LogP contribution in [-0.4, -0.2) is 56.7 Å². The third-order valence-electron chi connectivity index (χ3n) is 10.5. The molecule has 6 heteroatoms. The van der Waals surface area contributed by atoms with Crippen molar-refractivity contribution >= 4 is 17.0 Å². The predicted molar refractivity (Wildman–Crippen MR) is 153 cm³/mol. The van der Waals surface area contributed by atoms with Gasteiger partial charge in [0.25, 0.3) is 0 Å². The van der Waals surface area contributed by atoms with Crippen LogP contribution in [0.3, 0.4) is 0 Å². The Morgan fingerprint density at radius 1 is 0.947 bits per heavy atom. The largest absolute Gasteiger partial charge is 0.480 e. The van der Waals surface area contributed by atoms with Crippen molar-refractivity contribution < 1.29 is 9.90 Å². The minimum absolute atomic E-state index is 0.0384. The summed E-state index contributed by atoms with van der Waals surface area (Å²) in [4.78, 5) is 19.1. The third kappa shape index (κ3) is 5.54. The number of carboxylic acid groups (broad SMARTS) is 1. The van der Waals surface area contributed by atoms with E-state index in [4.69, 9.17) is 10.1 Å². The number of imidazole rings is 1. The normalized spacial score (nSPS) is 32.7. The molecule has 0 radical (unpaired) electrons. The van der Waals surface area contributed by atoms with Crippen molar-refractivity contribution in [3.8, 4) is 0 Å². The van der Waals surface area contributed by atoms with E-state index >= 15 is 0 Å². The maximum absolute atomic E-state index is 10.8. The molecule has 2 unspecified atom stereocenters. The molecule has 4 bridgehead atoms. The number of benzene rings is 1. The van der Waals surface area contributed by atoms with E-state index in [0.717, 1.165) is 54.9 Å². The quantitative estimate of drug-likeness (QED) is 0.369. The van der Waals surface area contributed by atoms with Gasteiger partial charge in [-0.2, -0.15) is 0 Å². The molecule has 2 aromatic rings. The van der Waals surface area contributed by atoms with Gasteiger partial charge in [-0.1, -0.05) is 51.2 Å². The number of aliphatic carboxylic acids is 1. The Morgan fingerprint density at radius 2 is 1.66 bits per heavy atom. The first-order chi connectivity index (χ1) is 18.6. The first kappa shape index (κ1) is 26.3. The lowest BCUT2D eigenvalue weighted by Gasteiger charge is -2.54. The lowest BCUT2D eigenvalue weighted by molar-refractivity contribution is -0.135. The minimum Gasteiger partial charge on any atom is -0.480 e. The van der Waals surface area contributed by atoms with Crippen molar-refractivity contribution in [2.45, 2.75) is 127 Å². The topological polar surface area (TPSA) is 70.4 Å². The predicted octanol–water partition coefficient (Wildman–Crippen LogP) is 6.51. The zero-order valence-corrected chi connectivity index (χ0v) is 23.4. The molecule has 6 rings (SSSR count). The van der Waals surface area contributed by atoms with E-state index in [1.165, 1.54) is 88.4 Å². The number of nitrogens with one attached hydrogen (secondary N) is 1. The highest BCUT2D eigenvalue weighted by molar-refractivity contribution is 5.76. The van der Waals surface area contributed by atoms with Crippen LogP contribution in [0.2, 0.25) is 0 Å². The smallest absolute Gasteiger partial charge is 0.317 e. The van der Waals surface area contributed by atoms with Gasteiger partial charge in [0, 0.05) is 30.1 Å². The Kier molecular flexibility index (Phi) is 8.08. The molecule has 1 aromatic heterocycles. The molecule has 1 aromatic carbocycles. The van der Waals surface area contributed by atoms with Gasteiger partial charge in [-0.25, -0.2) is 4.98 Å². The molecule has 4 fully saturated rings. The van der Waals surface area contributed by atoms with Gasteiger partial charge < -0.3 is 15.0 Å². The van der Waals surface area contributed by atoms with Crippen molar-refractivity contribution in [1.29, 1.82) is 0 Å². The molecular weight excluding hydrogens is 472 g/mol. The van der Waals surface area contributed by atoms with Gasteiger partial charge in [0.2, 0.25) is 0 Å². The summed E-state index contributed by atoms with van der Waals surface area (Å²) < 4.78 is 2.65. The van der Waals surface area contributed by atoms with Gasteiger partial charge in [-0.3, -0.25) is 9.69 Å². The molecule has 38 heavy (non-hydrogen) atoms. The highest BCUT2D eigenvalue weighted by Gasteiger charge is 2.45. The summed E-state index contributed by atoms with van der Waals surface area (Å²) in [6, 6.07) is 11.5. The Labute approximate surface area is 228 Å². The number of hydrogen-bond donors (Lipinski definition) is 2. The van der Waals surface area contributed by atoms with Crippen molar-refractivity contribution in [3.05, 3.63) is 30.1 Å². The summed E-state index contributed by atoms with van der Waals surface area (Å²) >= 11 is 0. The van der Waals surface area contributed by atoms with E-state index in [0.29, 0.717) is 12.0 Å². The SMILES string of the molecule is C[C@H](CCCNCC(=O)O)c1nc2ccccc2n1C1C[C@H]2CCC[C@@H](C1)N2C1C[C@H]2CCCC[C@@H](C1)C2. The van der Waals surface area contributed by atoms with E-state index in [1.807, 2.05) is 0 Å². The van der Waals surface area contributed by atoms with Crippen LogP contribution >= 0.6 is 0 Å². The number of para-hydroxylation sites is 2. The van der Waals surface area contributed by atoms with Gasteiger partial charge >= 0.3 is 5.97 Å². The van der Waals surface area contributed by atoms with Crippen LogP contribution in [0, 0.1) is 11.8 Å². The summed E-state index contributed by atoms with van der Waals surface area (Å²) in [5.74, 6) is 2.77. The molecule has 2 aliphatic carbocycles. The minimum atomic E-state index is -0.788. The molecule has 208 valence electrons. The van der Waals surface area contributed by atoms with Gasteiger partial charge in [0.05, 0.1) is 17.6 Å². The maximum atomic E-state index is 10.8. The number of rotatable bonds is 9. The zero-order chi connectivity index (χ0) is 26.1. The number of carboxylic acids is 1. The standard InChI is InChI=1S/C32H48N4O2/c1-22(8-7-15-33-21-31(37)38)32-34-29-13-4-5-14-30(29)36(32)28-19-25-11-6-12-26(20-28)35(25)27-17-23-9-2-3-10-24(16-23)18-27/h4-5,13-14,22-28,33H,2-3,6-12,15-21H2,1H3,(H,37,38)/t22-,23-,24+,25-,26+,27?,28?/m1/s1. The Hall–Kier alpha value is -1.92. The van der Waals surface area contributed by atoms with E-state index < -0.39 is 5.97 Å². The Morgan fingerprint density at radius 3 is 2.37 bits per heavy atom. The van der Waals surface area contributed by atoms with Gasteiger partial charge in [-0.15, -0.1) is 0 Å². The summed E-state index contributed by atoms with van der Waals surface area (Å²) in [5.41, 5.74) is 2.43. The average Bonchev–Trinajstić information content (AvgIpc) is 3.21. The number of nitrogens with zero attached hydrogens (tertiary/aromatic N) is 3. The van der Waals surface area contributed by atoms with Crippen LogP contribution in [-0.2, 0) is 4.79 Å². The molecule has 2 aliphatic heterocycles. The van der Waals surface area contributed by atoms with Crippen LogP contribution in [0.25, 0.3) is 11.0 Å².